The van der Waals surface area contributed by atoms with E-state index in [0.717, 1.165) is 6.42 Å². The zero-order chi connectivity index (χ0) is 9.68. The first-order chi connectivity index (χ1) is 6.25. The second-order valence-electron chi connectivity index (χ2n) is 3.40. The van der Waals surface area contributed by atoms with E-state index in [4.69, 9.17) is 0 Å². The molecule has 0 heterocycles. The lowest BCUT2D eigenvalue weighted by atomic mass is 10.0. The van der Waals surface area contributed by atoms with Crippen molar-refractivity contribution < 1.29 is 0 Å². The van der Waals surface area contributed by atoms with E-state index in [9.17, 15) is 0 Å². The van der Waals surface area contributed by atoms with Crippen LogP contribution in [-0.4, -0.2) is 0 Å². The van der Waals surface area contributed by atoms with Crippen molar-refractivity contribution in [1.29, 1.82) is 0 Å². The Morgan fingerprint density at radius 2 is 1.85 bits per heavy atom. The molecule has 0 aliphatic rings. The lowest BCUT2D eigenvalue weighted by Gasteiger charge is -2.02. The highest BCUT2D eigenvalue weighted by Crippen LogP contribution is 2.13. The smallest absolute Gasteiger partial charge is 0.0123 e. The van der Waals surface area contributed by atoms with E-state index in [1.54, 1.807) is 0 Å². The number of rotatable bonds is 3. The van der Waals surface area contributed by atoms with Crippen molar-refractivity contribution in [3.05, 3.63) is 47.0 Å². The summed E-state index contributed by atoms with van der Waals surface area (Å²) < 4.78 is 0. The van der Waals surface area contributed by atoms with E-state index in [0.29, 0.717) is 0 Å². The fourth-order valence-electron chi connectivity index (χ4n) is 1.36. The third-order valence-corrected chi connectivity index (χ3v) is 2.16. The van der Waals surface area contributed by atoms with Gasteiger partial charge in [0.25, 0.3) is 0 Å². The molecule has 0 saturated heterocycles. The summed E-state index contributed by atoms with van der Waals surface area (Å²) in [6, 6.07) is 6.36. The molecule has 13 heavy (non-hydrogen) atoms. The lowest BCUT2D eigenvalue weighted by molar-refractivity contribution is 0.955. The largest absolute Gasteiger partial charge is 0.0760 e. The molecule has 0 saturated carbocycles. The molecule has 0 aromatic heterocycles. The molecule has 1 rings (SSSR count). The molecule has 1 radical (unpaired) electrons. The fraction of sp³-hybridized carbons (Fsp3) is 0.385. The van der Waals surface area contributed by atoms with E-state index in [-0.39, 0.29) is 0 Å². The summed E-state index contributed by atoms with van der Waals surface area (Å²) in [5.41, 5.74) is 3.88. The van der Waals surface area contributed by atoms with Gasteiger partial charge in [0.2, 0.25) is 0 Å². The van der Waals surface area contributed by atoms with Gasteiger partial charge in [-0.1, -0.05) is 37.6 Å². The average Bonchev–Trinajstić information content (AvgIpc) is 2.10. The molecule has 0 amide bonds. The maximum absolute atomic E-state index is 3.36. The lowest BCUT2D eigenvalue weighted by Crippen LogP contribution is -1.86. The van der Waals surface area contributed by atoms with Gasteiger partial charge >= 0.3 is 0 Å². The summed E-state index contributed by atoms with van der Waals surface area (Å²) in [7, 11) is 0. The van der Waals surface area contributed by atoms with Crippen molar-refractivity contribution in [2.24, 2.45) is 0 Å². The van der Waals surface area contributed by atoms with Crippen molar-refractivity contribution in [3.8, 4) is 0 Å². The summed E-state index contributed by atoms with van der Waals surface area (Å²) in [4.78, 5) is 0. The number of hydrogen-bond acceptors (Lipinski definition) is 0. The summed E-state index contributed by atoms with van der Waals surface area (Å²) in [5, 5.41) is 0. The first-order valence-electron chi connectivity index (χ1n) is 4.90. The molecule has 0 atom stereocenters. The number of allylic oxidation sites excluding steroid dienone is 1. The van der Waals surface area contributed by atoms with Crippen molar-refractivity contribution in [2.75, 3.05) is 0 Å². The predicted molar refractivity (Wildman–Crippen MR) is 57.7 cm³/mol. The first kappa shape index (κ1) is 10.0. The van der Waals surface area contributed by atoms with Gasteiger partial charge < -0.3 is 0 Å². The van der Waals surface area contributed by atoms with Gasteiger partial charge in [0.1, 0.15) is 0 Å². The highest BCUT2D eigenvalue weighted by atomic mass is 14.0. The number of benzene rings is 1. The molecule has 0 spiro atoms. The van der Waals surface area contributed by atoms with Crippen molar-refractivity contribution in [2.45, 2.75) is 33.6 Å². The fourth-order valence-corrected chi connectivity index (χ4v) is 1.36. The van der Waals surface area contributed by atoms with Crippen molar-refractivity contribution >= 4 is 0 Å². The highest BCUT2D eigenvalue weighted by molar-refractivity contribution is 5.38. The second kappa shape index (κ2) is 4.86. The van der Waals surface area contributed by atoms with Crippen LogP contribution in [0.4, 0.5) is 0 Å². The third-order valence-electron chi connectivity index (χ3n) is 2.16. The predicted octanol–water partition coefficient (Wildman–Crippen LogP) is 3.81. The minimum Gasteiger partial charge on any atom is -0.0760 e. The van der Waals surface area contributed by atoms with Gasteiger partial charge in [-0.2, -0.15) is 0 Å². The van der Waals surface area contributed by atoms with Gasteiger partial charge in [0, 0.05) is 0 Å². The van der Waals surface area contributed by atoms with Crippen molar-refractivity contribution in [1.82, 2.24) is 0 Å². The molecule has 1 aromatic carbocycles. The van der Waals surface area contributed by atoms with E-state index in [2.05, 4.69) is 51.1 Å². The standard InChI is InChI=1S/C13H17/c1-4-5-6-10-13-11(2)8-7-9-12(13)3/h6-9H,4-5H2,1-3H3. The first-order valence-corrected chi connectivity index (χ1v) is 4.90. The van der Waals surface area contributed by atoms with Crippen LogP contribution in [0.3, 0.4) is 0 Å². The van der Waals surface area contributed by atoms with Crippen LogP contribution >= 0.6 is 0 Å². The van der Waals surface area contributed by atoms with Crippen LogP contribution in [0, 0.1) is 19.9 Å². The van der Waals surface area contributed by atoms with Gasteiger partial charge in [-0.3, -0.25) is 0 Å². The van der Waals surface area contributed by atoms with Crippen molar-refractivity contribution in [3.63, 3.8) is 0 Å². The zero-order valence-electron chi connectivity index (χ0n) is 8.72. The number of unbranched alkanes of at least 4 members (excludes halogenated alkanes) is 1. The van der Waals surface area contributed by atoms with Crippen LogP contribution in [0.5, 0.6) is 0 Å². The Balaban J connectivity index is 2.87. The van der Waals surface area contributed by atoms with Crippen LogP contribution < -0.4 is 0 Å². The topological polar surface area (TPSA) is 0 Å². The molecule has 0 heteroatoms. The Kier molecular flexibility index (Phi) is 3.75. The Morgan fingerprint density at radius 1 is 1.23 bits per heavy atom. The molecule has 0 fully saturated rings. The van der Waals surface area contributed by atoms with Gasteiger partial charge in [0.15, 0.2) is 0 Å². The highest BCUT2D eigenvalue weighted by Gasteiger charge is 1.96. The molecule has 69 valence electrons. The summed E-state index contributed by atoms with van der Waals surface area (Å²) in [6.45, 7) is 6.45. The van der Waals surface area contributed by atoms with Crippen LogP contribution in [0.2, 0.25) is 0 Å². The summed E-state index contributed by atoms with van der Waals surface area (Å²) in [5.74, 6) is 0. The monoisotopic (exact) mass is 173 g/mol. The van der Waals surface area contributed by atoms with Gasteiger partial charge in [-0.05, 0) is 43.0 Å². The molecular weight excluding hydrogens is 156 g/mol. The molecule has 0 nitrogen and oxygen atoms in total. The minimum absolute atomic E-state index is 1.12. The summed E-state index contributed by atoms with van der Waals surface area (Å²) >= 11 is 0. The van der Waals surface area contributed by atoms with Crippen LogP contribution in [0.25, 0.3) is 0 Å². The van der Waals surface area contributed by atoms with Crippen LogP contribution in [0.1, 0.15) is 36.5 Å². The summed E-state index contributed by atoms with van der Waals surface area (Å²) in [6.07, 6.45) is 7.80. The third kappa shape index (κ3) is 2.73. The van der Waals surface area contributed by atoms with E-state index in [1.165, 1.54) is 23.1 Å². The van der Waals surface area contributed by atoms with E-state index < -0.39 is 0 Å². The normalized spacial score (nSPS) is 11.0. The Bertz CT molecular complexity index is 275. The molecule has 0 unspecified atom stereocenters. The van der Waals surface area contributed by atoms with Gasteiger partial charge in [-0.15, -0.1) is 0 Å². The Hall–Kier alpha value is -1.04. The molecule has 0 bridgehead atoms. The maximum Gasteiger partial charge on any atom is -0.0123 e. The average molecular weight is 173 g/mol. The number of aryl methyl sites for hydroxylation is 2. The Labute approximate surface area is 81.3 Å². The minimum atomic E-state index is 1.12. The SMILES string of the molecule is CCC/C=[C]\c1c(C)cccc1C. The molecule has 1 aromatic rings. The molecule has 0 aliphatic heterocycles. The molecule has 0 N–H and O–H groups in total. The van der Waals surface area contributed by atoms with E-state index in [1.807, 2.05) is 0 Å². The van der Waals surface area contributed by atoms with Crippen LogP contribution in [-0.2, 0) is 0 Å². The molecule has 0 aliphatic carbocycles. The Morgan fingerprint density at radius 3 is 2.38 bits per heavy atom. The second-order valence-corrected chi connectivity index (χ2v) is 3.40. The molecular formula is C13H17. The van der Waals surface area contributed by atoms with Crippen LogP contribution in [0.15, 0.2) is 24.3 Å². The quantitative estimate of drug-likeness (QED) is 0.652. The number of hydrogen-bond donors (Lipinski definition) is 0. The van der Waals surface area contributed by atoms with Gasteiger partial charge in [0.05, 0.1) is 0 Å². The van der Waals surface area contributed by atoms with Gasteiger partial charge in [-0.25, -0.2) is 0 Å². The zero-order valence-corrected chi connectivity index (χ0v) is 8.72. The van der Waals surface area contributed by atoms with E-state index >= 15 is 0 Å². The maximum atomic E-state index is 3.36.